The molecule has 0 spiro atoms. The van der Waals surface area contributed by atoms with Crippen molar-refractivity contribution in [1.82, 2.24) is 15.2 Å². The molecule has 0 unspecified atom stereocenters. The van der Waals surface area contributed by atoms with E-state index in [1.54, 1.807) is 12.0 Å². The highest BCUT2D eigenvalue weighted by Gasteiger charge is 2.59. The minimum atomic E-state index is -1.00. The van der Waals surface area contributed by atoms with Crippen LogP contribution in [0.3, 0.4) is 0 Å². The number of carbonyl (C=O) groups is 2. The number of aryl methyl sites for hydroxylation is 1. The van der Waals surface area contributed by atoms with Gasteiger partial charge in [0.25, 0.3) is 5.91 Å². The minimum absolute atomic E-state index is 0.220. The monoisotopic (exact) mass is 577 g/mol. The van der Waals surface area contributed by atoms with Crippen molar-refractivity contribution in [2.75, 3.05) is 13.7 Å². The zero-order valence-electron chi connectivity index (χ0n) is 25.8. The highest BCUT2D eigenvalue weighted by molar-refractivity contribution is 5.88. The first-order valence-electron chi connectivity index (χ1n) is 15.7. The van der Waals surface area contributed by atoms with Gasteiger partial charge in [-0.3, -0.25) is 4.79 Å². The van der Waals surface area contributed by atoms with E-state index in [4.69, 9.17) is 9.47 Å². The van der Waals surface area contributed by atoms with Crippen LogP contribution < -0.4 is 10.1 Å². The number of carboxylic acids is 1. The lowest BCUT2D eigenvalue weighted by Crippen LogP contribution is -2.51. The van der Waals surface area contributed by atoms with Crippen LogP contribution in [0.2, 0.25) is 0 Å². The number of aromatic nitrogens is 1. The molecule has 1 saturated carbocycles. The number of hydrogen-bond acceptors (Lipinski definition) is 6. The second kappa shape index (κ2) is 12.7. The lowest BCUT2D eigenvalue weighted by Gasteiger charge is -2.36. The van der Waals surface area contributed by atoms with Crippen LogP contribution in [0, 0.1) is 11.3 Å². The summed E-state index contributed by atoms with van der Waals surface area (Å²) < 4.78 is 11.6. The molecule has 2 aromatic rings. The molecule has 3 heterocycles. The van der Waals surface area contributed by atoms with Crippen LogP contribution in [0.4, 0.5) is 0 Å². The normalized spacial score (nSPS) is 26.6. The Balaban J connectivity index is 1.60. The highest BCUT2D eigenvalue weighted by atomic mass is 16.5. The van der Waals surface area contributed by atoms with Gasteiger partial charge in [0.1, 0.15) is 12.1 Å². The number of likely N-dealkylation sites (tertiary alicyclic amines) is 1. The van der Waals surface area contributed by atoms with Gasteiger partial charge in [-0.2, -0.15) is 0 Å². The molecule has 0 bridgehead atoms. The topological polar surface area (TPSA) is 101 Å². The van der Waals surface area contributed by atoms with E-state index in [2.05, 4.69) is 56.2 Å². The van der Waals surface area contributed by atoms with Crippen molar-refractivity contribution in [2.45, 2.75) is 109 Å². The molecule has 3 fully saturated rings. The summed E-state index contributed by atoms with van der Waals surface area (Å²) in [6.45, 7) is 9.31. The molecule has 2 N–H and O–H groups in total. The summed E-state index contributed by atoms with van der Waals surface area (Å²) >= 11 is 0. The maximum Gasteiger partial charge on any atom is 0.326 e. The van der Waals surface area contributed by atoms with Gasteiger partial charge in [0.15, 0.2) is 0 Å². The van der Waals surface area contributed by atoms with Gasteiger partial charge in [0, 0.05) is 36.9 Å². The van der Waals surface area contributed by atoms with E-state index in [1.165, 1.54) is 24.8 Å². The molecule has 2 aliphatic heterocycles. The largest absolute Gasteiger partial charge is 0.481 e. The van der Waals surface area contributed by atoms with Crippen LogP contribution in [0.5, 0.6) is 5.88 Å². The third-order valence-corrected chi connectivity index (χ3v) is 9.63. The minimum Gasteiger partial charge on any atom is -0.481 e. The fraction of sp³-hybridized carbons (Fsp3) is 0.618. The Morgan fingerprint density at radius 1 is 1.12 bits per heavy atom. The van der Waals surface area contributed by atoms with E-state index in [9.17, 15) is 14.7 Å². The van der Waals surface area contributed by atoms with Crippen molar-refractivity contribution >= 4 is 11.9 Å². The number of amides is 1. The lowest BCUT2D eigenvalue weighted by molar-refractivity contribution is -0.159. The van der Waals surface area contributed by atoms with Gasteiger partial charge in [-0.15, -0.1) is 0 Å². The van der Waals surface area contributed by atoms with E-state index < -0.39 is 29.6 Å². The van der Waals surface area contributed by atoms with Gasteiger partial charge >= 0.3 is 5.97 Å². The molecule has 8 heteroatoms. The second-order valence-corrected chi connectivity index (χ2v) is 13.2. The molecule has 228 valence electrons. The average molecular weight is 578 g/mol. The summed E-state index contributed by atoms with van der Waals surface area (Å²) in [6.07, 6.45) is 8.08. The molecule has 0 radical (unpaired) electrons. The van der Waals surface area contributed by atoms with Crippen LogP contribution in [0.15, 0.2) is 36.5 Å². The van der Waals surface area contributed by atoms with Gasteiger partial charge < -0.3 is 24.8 Å². The summed E-state index contributed by atoms with van der Waals surface area (Å²) in [5, 5.41) is 14.6. The Labute approximate surface area is 250 Å². The van der Waals surface area contributed by atoms with Gasteiger partial charge in [-0.05, 0) is 72.6 Å². The lowest BCUT2D eigenvalue weighted by atomic mass is 9.72. The van der Waals surface area contributed by atoms with Crippen molar-refractivity contribution in [3.63, 3.8) is 0 Å². The predicted molar refractivity (Wildman–Crippen MR) is 161 cm³/mol. The molecule has 42 heavy (non-hydrogen) atoms. The van der Waals surface area contributed by atoms with Gasteiger partial charge in [-0.25, -0.2) is 9.78 Å². The Morgan fingerprint density at radius 2 is 1.88 bits per heavy atom. The highest BCUT2D eigenvalue weighted by Crippen LogP contribution is 2.49. The van der Waals surface area contributed by atoms with Crippen molar-refractivity contribution in [1.29, 1.82) is 0 Å². The zero-order chi connectivity index (χ0) is 30.0. The quantitative estimate of drug-likeness (QED) is 0.397. The molecule has 1 aromatic heterocycles. The summed E-state index contributed by atoms with van der Waals surface area (Å²) in [4.78, 5) is 33.8. The molecule has 8 nitrogen and oxygen atoms in total. The number of aliphatic carboxylic acids is 1. The molecule has 1 amide bonds. The van der Waals surface area contributed by atoms with Gasteiger partial charge in [0.2, 0.25) is 5.88 Å². The second-order valence-electron chi connectivity index (χ2n) is 13.2. The molecule has 1 aromatic carbocycles. The Hall–Kier alpha value is -2.97. The number of pyridine rings is 1. The fourth-order valence-corrected chi connectivity index (χ4v) is 7.32. The van der Waals surface area contributed by atoms with Gasteiger partial charge in [-0.1, -0.05) is 58.4 Å². The number of benzene rings is 1. The first-order valence-corrected chi connectivity index (χ1v) is 15.7. The van der Waals surface area contributed by atoms with E-state index in [1.807, 2.05) is 18.3 Å². The standard InChI is InChI=1S/C34H47N3O5/c1-6-21-12-7-8-15-25(21)29-28(35-20-24-18-23(22-13-11-14-22)19-36-31(24)41-5)27(34(2,3)4)30(33(39)40)37(29)32(38)26-16-9-10-17-42-26/h7-8,12,15,18-19,22,26-30,35H,6,9-11,13-14,16-17,20H2,1-5H3,(H,39,40)/t26-,27-,28-,29-,30-/m0/s1. The van der Waals surface area contributed by atoms with Crippen LogP contribution in [0.1, 0.15) is 100 Å². The molecule has 2 saturated heterocycles. The van der Waals surface area contributed by atoms with Crippen molar-refractivity contribution in [3.8, 4) is 5.88 Å². The summed E-state index contributed by atoms with van der Waals surface area (Å²) in [5.74, 6) is -0.470. The summed E-state index contributed by atoms with van der Waals surface area (Å²) in [5.41, 5.74) is 3.86. The molecule has 5 atom stereocenters. The number of rotatable bonds is 9. The third-order valence-electron chi connectivity index (χ3n) is 9.63. The summed E-state index contributed by atoms with van der Waals surface area (Å²) in [6, 6.07) is 8.52. The molecule has 1 aliphatic carbocycles. The van der Waals surface area contributed by atoms with Crippen molar-refractivity contribution in [3.05, 3.63) is 58.8 Å². The molecular weight excluding hydrogens is 530 g/mol. The van der Waals surface area contributed by atoms with Crippen LogP contribution >= 0.6 is 0 Å². The number of ether oxygens (including phenoxy) is 2. The average Bonchev–Trinajstić information content (AvgIpc) is 3.31. The third kappa shape index (κ3) is 5.93. The number of methoxy groups -OCH3 is 1. The molecular formula is C34H47N3O5. The van der Waals surface area contributed by atoms with E-state index in [0.29, 0.717) is 31.4 Å². The molecule has 3 aliphatic rings. The number of carboxylic acid groups (broad SMARTS) is 1. The number of nitrogens with one attached hydrogen (secondary N) is 1. The predicted octanol–water partition coefficient (Wildman–Crippen LogP) is 5.65. The van der Waals surface area contributed by atoms with Crippen LogP contribution in [-0.2, 0) is 27.3 Å². The zero-order valence-corrected chi connectivity index (χ0v) is 25.8. The van der Waals surface area contributed by atoms with E-state index in [-0.39, 0.29) is 17.9 Å². The number of nitrogens with zero attached hydrogens (tertiary/aromatic N) is 2. The number of carbonyl (C=O) groups excluding carboxylic acids is 1. The van der Waals surface area contributed by atoms with Crippen LogP contribution in [-0.4, -0.2) is 58.8 Å². The fourth-order valence-electron chi connectivity index (χ4n) is 7.32. The van der Waals surface area contributed by atoms with Crippen LogP contribution in [0.25, 0.3) is 0 Å². The molecule has 5 rings (SSSR count). The van der Waals surface area contributed by atoms with Gasteiger partial charge in [0.05, 0.1) is 13.2 Å². The SMILES string of the molecule is CCc1ccccc1[C@H]1[C@@H](NCc2cc(C3CCC3)cnc2OC)[C@H](C(C)(C)C)[C@@H](C(=O)O)N1C(=O)[C@@H]1CCCCO1. The first-order chi connectivity index (χ1) is 20.2. The van der Waals surface area contributed by atoms with E-state index >= 15 is 0 Å². The Morgan fingerprint density at radius 3 is 2.48 bits per heavy atom. The maximum atomic E-state index is 14.3. The summed E-state index contributed by atoms with van der Waals surface area (Å²) in [7, 11) is 1.63. The smallest absolute Gasteiger partial charge is 0.326 e. The van der Waals surface area contributed by atoms with Crippen molar-refractivity contribution in [2.24, 2.45) is 11.3 Å². The first kappa shape index (κ1) is 30.5. The number of hydrogen-bond donors (Lipinski definition) is 2. The van der Waals surface area contributed by atoms with E-state index in [0.717, 1.165) is 36.0 Å². The van der Waals surface area contributed by atoms with Crippen molar-refractivity contribution < 1.29 is 24.2 Å². The Bertz CT molecular complexity index is 1260. The Kier molecular flexibility index (Phi) is 9.23. The maximum absolute atomic E-state index is 14.3.